The van der Waals surface area contributed by atoms with E-state index >= 15 is 0 Å². The number of hydrogen-bond acceptors (Lipinski definition) is 6. The molecular weight excluding hydrogens is 412 g/mol. The highest BCUT2D eigenvalue weighted by Gasteiger charge is 2.31. The predicted octanol–water partition coefficient (Wildman–Crippen LogP) is 3.57. The molecule has 1 atom stereocenters. The van der Waals surface area contributed by atoms with Gasteiger partial charge in [0.15, 0.2) is 5.78 Å². The number of Topliss-reactive ketones (excluding diaryl/α,β-unsaturated/α-hetero) is 1. The van der Waals surface area contributed by atoms with Gasteiger partial charge in [0.2, 0.25) is 0 Å². The number of ketones is 1. The Kier molecular flexibility index (Phi) is 9.02. The summed E-state index contributed by atoms with van der Waals surface area (Å²) in [7, 11) is 2.82. The van der Waals surface area contributed by atoms with Crippen LogP contribution in [0.15, 0.2) is 24.3 Å². The SMILES string of the molecule is CCOCCCN(C(=O)c1cccc(OC)c1)[C@@H](C)C(=O)c1c(C)[nH]c(C(=O)OC)c1C. The molecular formula is C24H32N2O6. The van der Waals surface area contributed by atoms with Crippen LogP contribution in [0.1, 0.15) is 62.7 Å². The first kappa shape index (κ1) is 25.1. The molecule has 32 heavy (non-hydrogen) atoms. The van der Waals surface area contributed by atoms with Gasteiger partial charge in [0.1, 0.15) is 11.4 Å². The fourth-order valence-corrected chi connectivity index (χ4v) is 3.65. The number of aromatic amines is 1. The van der Waals surface area contributed by atoms with Crippen LogP contribution in [0, 0.1) is 13.8 Å². The van der Waals surface area contributed by atoms with E-state index in [1.54, 1.807) is 49.9 Å². The molecule has 0 fully saturated rings. The van der Waals surface area contributed by atoms with Gasteiger partial charge in [0, 0.05) is 36.6 Å². The summed E-state index contributed by atoms with van der Waals surface area (Å²) < 4.78 is 15.4. The number of esters is 1. The van der Waals surface area contributed by atoms with Crippen molar-refractivity contribution in [3.8, 4) is 5.75 Å². The molecule has 0 aliphatic heterocycles. The minimum atomic E-state index is -0.756. The first-order valence-corrected chi connectivity index (χ1v) is 10.6. The Morgan fingerprint density at radius 2 is 1.88 bits per heavy atom. The van der Waals surface area contributed by atoms with E-state index in [1.807, 2.05) is 6.92 Å². The van der Waals surface area contributed by atoms with E-state index in [0.717, 1.165) is 0 Å². The molecule has 0 bridgehead atoms. The number of nitrogens with zero attached hydrogens (tertiary/aromatic N) is 1. The van der Waals surface area contributed by atoms with Crippen molar-refractivity contribution in [1.82, 2.24) is 9.88 Å². The van der Waals surface area contributed by atoms with Crippen molar-refractivity contribution < 1.29 is 28.6 Å². The third-order valence-corrected chi connectivity index (χ3v) is 5.39. The molecule has 174 valence electrons. The van der Waals surface area contributed by atoms with Gasteiger partial charge in [-0.1, -0.05) is 6.07 Å². The second-order valence-electron chi connectivity index (χ2n) is 7.44. The standard InChI is InChI=1S/C24H32N2O6/c1-7-32-13-9-12-26(23(28)18-10-8-11-19(14-18)30-5)17(4)22(27)20-15(2)21(24(29)31-6)25-16(20)3/h8,10-11,14,17,25H,7,9,12-13H2,1-6H3/t17-/m0/s1. The fourth-order valence-electron chi connectivity index (χ4n) is 3.65. The average molecular weight is 445 g/mol. The second kappa shape index (κ2) is 11.5. The van der Waals surface area contributed by atoms with Crippen LogP contribution < -0.4 is 4.74 Å². The molecule has 8 heteroatoms. The molecule has 2 rings (SSSR count). The molecule has 1 aromatic heterocycles. The van der Waals surface area contributed by atoms with E-state index in [0.29, 0.717) is 54.3 Å². The number of nitrogens with one attached hydrogen (secondary N) is 1. The zero-order valence-electron chi connectivity index (χ0n) is 19.6. The van der Waals surface area contributed by atoms with Crippen LogP contribution in [0.3, 0.4) is 0 Å². The number of aryl methyl sites for hydroxylation is 1. The largest absolute Gasteiger partial charge is 0.497 e. The topological polar surface area (TPSA) is 97.9 Å². The van der Waals surface area contributed by atoms with Crippen LogP contribution >= 0.6 is 0 Å². The van der Waals surface area contributed by atoms with Gasteiger partial charge >= 0.3 is 5.97 Å². The number of benzene rings is 1. The summed E-state index contributed by atoms with van der Waals surface area (Å²) in [4.78, 5) is 43.4. The highest BCUT2D eigenvalue weighted by molar-refractivity contribution is 6.07. The molecule has 8 nitrogen and oxygen atoms in total. The van der Waals surface area contributed by atoms with E-state index in [-0.39, 0.29) is 17.4 Å². The molecule has 1 heterocycles. The third-order valence-electron chi connectivity index (χ3n) is 5.39. The molecule has 2 aromatic rings. The first-order chi connectivity index (χ1) is 15.3. The van der Waals surface area contributed by atoms with Gasteiger partial charge in [-0.25, -0.2) is 4.79 Å². The van der Waals surface area contributed by atoms with E-state index in [4.69, 9.17) is 14.2 Å². The molecule has 1 aromatic carbocycles. The lowest BCUT2D eigenvalue weighted by Gasteiger charge is -2.29. The van der Waals surface area contributed by atoms with Crippen LogP contribution in [0.2, 0.25) is 0 Å². The van der Waals surface area contributed by atoms with Crippen molar-refractivity contribution in [2.45, 2.75) is 40.2 Å². The average Bonchev–Trinajstić information content (AvgIpc) is 3.11. The highest BCUT2D eigenvalue weighted by Crippen LogP contribution is 2.23. The fraction of sp³-hybridized carbons (Fsp3) is 0.458. The summed E-state index contributed by atoms with van der Waals surface area (Å²) in [5.74, 6) is -0.512. The van der Waals surface area contributed by atoms with Crippen LogP contribution in [-0.4, -0.2) is 67.6 Å². The van der Waals surface area contributed by atoms with Crippen molar-refractivity contribution in [3.63, 3.8) is 0 Å². The van der Waals surface area contributed by atoms with Gasteiger partial charge in [-0.05, 0) is 57.9 Å². The number of ether oxygens (including phenoxy) is 3. The Morgan fingerprint density at radius 3 is 2.50 bits per heavy atom. The second-order valence-corrected chi connectivity index (χ2v) is 7.44. The zero-order chi connectivity index (χ0) is 23.8. The number of aromatic nitrogens is 1. The number of carbonyl (C=O) groups is 3. The summed E-state index contributed by atoms with van der Waals surface area (Å²) in [6.45, 7) is 8.42. The molecule has 0 radical (unpaired) electrons. The van der Waals surface area contributed by atoms with Gasteiger partial charge in [0.25, 0.3) is 5.91 Å². The highest BCUT2D eigenvalue weighted by atomic mass is 16.5. The van der Waals surface area contributed by atoms with Gasteiger partial charge < -0.3 is 24.1 Å². The van der Waals surface area contributed by atoms with Gasteiger partial charge in [0.05, 0.1) is 20.3 Å². The van der Waals surface area contributed by atoms with Crippen LogP contribution in [0.4, 0.5) is 0 Å². The number of rotatable bonds is 11. The maximum Gasteiger partial charge on any atom is 0.354 e. The summed E-state index contributed by atoms with van der Waals surface area (Å²) in [5.41, 5.74) is 2.13. The Morgan fingerprint density at radius 1 is 1.16 bits per heavy atom. The lowest BCUT2D eigenvalue weighted by atomic mass is 9.99. The van der Waals surface area contributed by atoms with Gasteiger partial charge in [-0.3, -0.25) is 9.59 Å². The minimum absolute atomic E-state index is 0.238. The number of amides is 1. The lowest BCUT2D eigenvalue weighted by Crippen LogP contribution is -2.44. The summed E-state index contributed by atoms with van der Waals surface area (Å²) in [5, 5.41) is 0. The van der Waals surface area contributed by atoms with Gasteiger partial charge in [-0.2, -0.15) is 0 Å². The quantitative estimate of drug-likeness (QED) is 0.323. The van der Waals surface area contributed by atoms with Crippen molar-refractivity contribution in [2.75, 3.05) is 34.0 Å². The number of hydrogen-bond donors (Lipinski definition) is 1. The van der Waals surface area contributed by atoms with Crippen LogP contribution in [0.25, 0.3) is 0 Å². The van der Waals surface area contributed by atoms with E-state index < -0.39 is 12.0 Å². The Bertz CT molecular complexity index is 965. The number of methoxy groups -OCH3 is 2. The maximum atomic E-state index is 13.5. The zero-order valence-corrected chi connectivity index (χ0v) is 19.6. The maximum absolute atomic E-state index is 13.5. The third kappa shape index (κ3) is 5.56. The van der Waals surface area contributed by atoms with Crippen LogP contribution in [0.5, 0.6) is 5.75 Å². The molecule has 1 N–H and O–H groups in total. The van der Waals surface area contributed by atoms with Gasteiger partial charge in [-0.15, -0.1) is 0 Å². The molecule has 0 spiro atoms. The number of carbonyl (C=O) groups excluding carboxylic acids is 3. The normalized spacial score (nSPS) is 11.7. The summed E-state index contributed by atoms with van der Waals surface area (Å²) in [6.07, 6.45) is 0.583. The van der Waals surface area contributed by atoms with Crippen LogP contribution in [-0.2, 0) is 9.47 Å². The Balaban J connectivity index is 2.38. The molecule has 1 amide bonds. The lowest BCUT2D eigenvalue weighted by molar-refractivity contribution is 0.0588. The Hall–Kier alpha value is -3.13. The minimum Gasteiger partial charge on any atom is -0.497 e. The van der Waals surface area contributed by atoms with E-state index in [2.05, 4.69) is 4.98 Å². The van der Waals surface area contributed by atoms with Crippen molar-refractivity contribution in [3.05, 3.63) is 52.3 Å². The van der Waals surface area contributed by atoms with E-state index in [1.165, 1.54) is 14.2 Å². The van der Waals surface area contributed by atoms with Crippen molar-refractivity contribution >= 4 is 17.7 Å². The van der Waals surface area contributed by atoms with E-state index in [9.17, 15) is 14.4 Å². The van der Waals surface area contributed by atoms with Crippen molar-refractivity contribution in [2.24, 2.45) is 0 Å². The summed E-state index contributed by atoms with van der Waals surface area (Å²) >= 11 is 0. The molecule has 0 saturated heterocycles. The summed E-state index contributed by atoms with van der Waals surface area (Å²) in [6, 6.07) is 6.08. The Labute approximate surface area is 188 Å². The molecule has 0 unspecified atom stereocenters. The number of H-pyrrole nitrogens is 1. The monoisotopic (exact) mass is 444 g/mol. The molecule has 0 aliphatic carbocycles. The predicted molar refractivity (Wildman–Crippen MR) is 121 cm³/mol. The smallest absolute Gasteiger partial charge is 0.354 e. The van der Waals surface area contributed by atoms with Crippen molar-refractivity contribution in [1.29, 1.82) is 0 Å². The molecule has 0 aliphatic rings. The first-order valence-electron chi connectivity index (χ1n) is 10.6. The molecule has 0 saturated carbocycles.